The van der Waals surface area contributed by atoms with Crippen LogP contribution in [0, 0.1) is 26.7 Å². The van der Waals surface area contributed by atoms with E-state index in [2.05, 4.69) is 247 Å². The highest BCUT2D eigenvalue weighted by molar-refractivity contribution is 6.04. The van der Waals surface area contributed by atoms with Crippen molar-refractivity contribution >= 4 is 11.4 Å². The molecule has 8 aromatic rings. The first-order valence-electron chi connectivity index (χ1n) is 24.2. The van der Waals surface area contributed by atoms with Gasteiger partial charge in [-0.05, 0) is 103 Å². The van der Waals surface area contributed by atoms with E-state index >= 15 is 0 Å². The number of benzene rings is 8. The number of allylic oxidation sites excluding steroid dienone is 2. The van der Waals surface area contributed by atoms with Gasteiger partial charge in [-0.25, -0.2) is 0 Å². The number of fused-ring (bicyclic) bond motifs is 4. The van der Waals surface area contributed by atoms with Crippen LogP contribution in [0.2, 0.25) is 0 Å². The summed E-state index contributed by atoms with van der Waals surface area (Å²) in [5.41, 5.74) is 23.6. The summed E-state index contributed by atoms with van der Waals surface area (Å²) >= 11 is 0. The van der Waals surface area contributed by atoms with Gasteiger partial charge < -0.3 is 15.2 Å². The van der Waals surface area contributed by atoms with E-state index in [1.807, 2.05) is 0 Å². The summed E-state index contributed by atoms with van der Waals surface area (Å²) in [6.45, 7) is 10.9. The van der Waals surface area contributed by atoms with Gasteiger partial charge in [0.25, 0.3) is 0 Å². The number of hydrogen-bond donors (Lipinski definition) is 1. The van der Waals surface area contributed by atoms with Crippen molar-refractivity contribution in [2.45, 2.75) is 57.9 Å². The molecule has 69 heavy (non-hydrogen) atoms. The molecular formula is C65H56N2O2. The molecule has 0 amide bonds. The molecule has 2 N–H and O–H groups in total. The van der Waals surface area contributed by atoms with Gasteiger partial charge >= 0.3 is 0 Å². The third-order valence-electron chi connectivity index (χ3n) is 14.7. The van der Waals surface area contributed by atoms with Crippen molar-refractivity contribution in [2.75, 3.05) is 0 Å². The minimum Gasteiger partial charge on any atom is -0.457 e. The summed E-state index contributed by atoms with van der Waals surface area (Å²) in [4.78, 5) is 5.69. The molecule has 0 bridgehead atoms. The highest BCUT2D eigenvalue weighted by atomic mass is 16.5. The molecule has 0 fully saturated rings. The highest BCUT2D eigenvalue weighted by Crippen LogP contribution is 2.59. The first kappa shape index (κ1) is 43.8. The molecule has 4 nitrogen and oxygen atoms in total. The lowest BCUT2D eigenvalue weighted by Gasteiger charge is -2.46. The van der Waals surface area contributed by atoms with E-state index in [1.54, 1.807) is 0 Å². The van der Waals surface area contributed by atoms with E-state index in [4.69, 9.17) is 20.2 Å². The zero-order chi connectivity index (χ0) is 47.3. The van der Waals surface area contributed by atoms with Crippen LogP contribution in [0.25, 0.3) is 5.70 Å². The van der Waals surface area contributed by atoms with Crippen LogP contribution < -0.4 is 15.2 Å². The summed E-state index contributed by atoms with van der Waals surface area (Å²) in [6, 6.07) is 70.7. The molecule has 2 aliphatic heterocycles. The second-order valence-electron chi connectivity index (χ2n) is 18.9. The Hall–Kier alpha value is -7.79. The number of ether oxygens (including phenoxy) is 2. The third kappa shape index (κ3) is 7.13. The van der Waals surface area contributed by atoms with Crippen LogP contribution in [0.1, 0.15) is 87.0 Å². The molecule has 0 radical (unpaired) electrons. The van der Waals surface area contributed by atoms with Gasteiger partial charge in [-0.3, -0.25) is 4.99 Å². The maximum atomic E-state index is 7.80. The predicted octanol–water partition coefficient (Wildman–Crippen LogP) is 14.9. The van der Waals surface area contributed by atoms with E-state index < -0.39 is 16.9 Å². The monoisotopic (exact) mass is 896 g/mol. The lowest BCUT2D eigenvalue weighted by molar-refractivity contribution is 0.362. The second-order valence-corrected chi connectivity index (χ2v) is 18.9. The van der Waals surface area contributed by atoms with Gasteiger partial charge in [0, 0.05) is 39.1 Å². The largest absolute Gasteiger partial charge is 0.457 e. The topological polar surface area (TPSA) is 56.8 Å². The van der Waals surface area contributed by atoms with E-state index in [-0.39, 0.29) is 5.92 Å². The molecule has 0 saturated heterocycles. The normalized spacial score (nSPS) is 17.2. The maximum absolute atomic E-state index is 7.80. The van der Waals surface area contributed by atoms with E-state index in [0.29, 0.717) is 0 Å². The number of aryl methyl sites for hydroxylation is 3. The number of hydrogen-bond acceptors (Lipinski definition) is 4. The first-order chi connectivity index (χ1) is 33.7. The molecule has 0 spiro atoms. The molecule has 11 rings (SSSR count). The van der Waals surface area contributed by atoms with E-state index in [9.17, 15) is 0 Å². The fourth-order valence-electron chi connectivity index (χ4n) is 12.0. The quantitative estimate of drug-likeness (QED) is 0.147. The number of nitrogens with zero attached hydrogens (tertiary/aromatic N) is 1. The molecule has 8 aromatic carbocycles. The van der Waals surface area contributed by atoms with Crippen molar-refractivity contribution in [1.29, 1.82) is 0 Å². The van der Waals surface area contributed by atoms with Crippen LogP contribution in [0.5, 0.6) is 17.2 Å². The Bertz CT molecular complexity index is 3260. The smallest absolute Gasteiger partial charge is 0.141 e. The third-order valence-corrected chi connectivity index (χ3v) is 14.7. The first-order valence-corrected chi connectivity index (χ1v) is 24.2. The molecule has 1 aliphatic carbocycles. The Morgan fingerprint density at radius 1 is 0.580 bits per heavy atom. The van der Waals surface area contributed by atoms with Gasteiger partial charge in [-0.2, -0.15) is 0 Å². The Morgan fingerprint density at radius 2 is 1.04 bits per heavy atom. The summed E-state index contributed by atoms with van der Waals surface area (Å²) in [6.07, 6.45) is 5.35. The number of aliphatic imine (C=N–C) groups is 1. The van der Waals surface area contributed by atoms with Crippen molar-refractivity contribution in [3.63, 3.8) is 0 Å². The zero-order valence-electron chi connectivity index (χ0n) is 39.9. The van der Waals surface area contributed by atoms with Crippen LogP contribution >= 0.6 is 0 Å². The van der Waals surface area contributed by atoms with Crippen LogP contribution in [0.4, 0.5) is 0 Å². The summed E-state index contributed by atoms with van der Waals surface area (Å²) in [5, 5.41) is 0. The van der Waals surface area contributed by atoms with Gasteiger partial charge in [0.15, 0.2) is 0 Å². The SMILES string of the molecule is C/C(=N\C(=C/C(N)C1=C2Oc3ccccc3C(c3ccccc3)(c3ccccc3)C2=CCC1C)c1cccc2c1Oc1ccccc1C2(c1ccccc1)c1ccccc1)c1c(C)cc(C)cc1C. The van der Waals surface area contributed by atoms with Crippen LogP contribution in [-0.2, 0) is 10.8 Å². The van der Waals surface area contributed by atoms with E-state index in [1.165, 1.54) is 27.8 Å². The highest BCUT2D eigenvalue weighted by Gasteiger charge is 2.50. The Labute approximate surface area is 406 Å². The van der Waals surface area contributed by atoms with Gasteiger partial charge in [0.1, 0.15) is 23.0 Å². The second kappa shape index (κ2) is 17.7. The molecule has 2 atom stereocenters. The summed E-state index contributed by atoms with van der Waals surface area (Å²) in [7, 11) is 0. The summed E-state index contributed by atoms with van der Waals surface area (Å²) < 4.78 is 14.5. The lowest BCUT2D eigenvalue weighted by atomic mass is 9.60. The molecule has 0 saturated carbocycles. The number of rotatable bonds is 9. The fourth-order valence-corrected chi connectivity index (χ4v) is 12.0. The van der Waals surface area contributed by atoms with Crippen LogP contribution in [0.3, 0.4) is 0 Å². The standard InChI is InChI=1S/C65H56N2O2/c1-42-39-44(3)60(45(4)40-42)46(5)67-57(51-31-22-34-54-62(51)68-58-35-20-18-32-52(58)64(54,47-23-10-6-11-24-47)48-25-12-7-13-26-48)41-56(66)61-43(2)37-38-55-63(61)69-59-36-21-19-33-53(59)65(55,49-27-14-8-15-28-49)50-29-16-9-17-30-50/h6-36,38-41,43,56H,37,66H2,1-5H3/b57-41-,67-46+. The summed E-state index contributed by atoms with van der Waals surface area (Å²) in [5.74, 6) is 3.26. The van der Waals surface area contributed by atoms with Crippen LogP contribution in [-0.4, -0.2) is 11.8 Å². The molecule has 2 unspecified atom stereocenters. The average Bonchev–Trinajstić information content (AvgIpc) is 3.37. The lowest BCUT2D eigenvalue weighted by Crippen LogP contribution is -2.41. The Kier molecular flexibility index (Phi) is 11.2. The molecule has 4 heteroatoms. The van der Waals surface area contributed by atoms with Crippen molar-refractivity contribution < 1.29 is 9.47 Å². The number of nitrogens with two attached hydrogens (primary N) is 1. The van der Waals surface area contributed by atoms with Crippen molar-refractivity contribution in [2.24, 2.45) is 16.6 Å². The van der Waals surface area contributed by atoms with Crippen LogP contribution in [0.15, 0.2) is 234 Å². The Balaban J connectivity index is 1.18. The molecular weight excluding hydrogens is 841 g/mol. The minimum atomic E-state index is -0.706. The van der Waals surface area contributed by atoms with Gasteiger partial charge in [0.2, 0.25) is 0 Å². The average molecular weight is 897 g/mol. The predicted molar refractivity (Wildman–Crippen MR) is 282 cm³/mol. The molecule has 338 valence electrons. The van der Waals surface area contributed by atoms with Gasteiger partial charge in [-0.1, -0.05) is 201 Å². The maximum Gasteiger partial charge on any atom is 0.141 e. The van der Waals surface area contributed by atoms with Gasteiger partial charge in [0.05, 0.1) is 22.6 Å². The van der Waals surface area contributed by atoms with Crippen molar-refractivity contribution in [3.8, 4) is 17.2 Å². The molecule has 2 heterocycles. The number of para-hydroxylation sites is 3. The fraction of sp³-hybridized carbons (Fsp3) is 0.154. The van der Waals surface area contributed by atoms with Crippen molar-refractivity contribution in [3.05, 3.63) is 296 Å². The zero-order valence-corrected chi connectivity index (χ0v) is 39.9. The Morgan fingerprint density at radius 3 is 1.59 bits per heavy atom. The van der Waals surface area contributed by atoms with Gasteiger partial charge in [-0.15, -0.1) is 0 Å². The molecule has 0 aromatic heterocycles. The molecule has 3 aliphatic rings. The van der Waals surface area contributed by atoms with Crippen molar-refractivity contribution in [1.82, 2.24) is 0 Å². The minimum absolute atomic E-state index is 0.0639. The van der Waals surface area contributed by atoms with E-state index in [0.717, 1.165) is 90.9 Å².